The van der Waals surface area contributed by atoms with Crippen LogP contribution in [0.3, 0.4) is 0 Å². The lowest BCUT2D eigenvalue weighted by Gasteiger charge is -2.35. The Labute approximate surface area is 193 Å². The van der Waals surface area contributed by atoms with E-state index in [1.807, 2.05) is 48.5 Å². The van der Waals surface area contributed by atoms with E-state index in [0.717, 1.165) is 22.6 Å². The van der Waals surface area contributed by atoms with E-state index in [4.69, 9.17) is 0 Å². The zero-order chi connectivity index (χ0) is 23.2. The molecule has 1 aliphatic heterocycles. The maximum Gasteiger partial charge on any atom is 0.193 e. The zero-order valence-corrected chi connectivity index (χ0v) is 18.6. The fraction of sp³-hybridized carbons (Fsp3) is 0.214. The van der Waals surface area contributed by atoms with Gasteiger partial charge >= 0.3 is 0 Å². The molecule has 2 atom stereocenters. The Morgan fingerprint density at radius 3 is 2.39 bits per heavy atom. The van der Waals surface area contributed by atoms with Crippen LogP contribution in [-0.4, -0.2) is 16.7 Å². The topological polar surface area (TPSA) is 78.4 Å². The minimum absolute atomic E-state index is 0.0508. The summed E-state index contributed by atoms with van der Waals surface area (Å²) in [6.07, 6.45) is 2.59. The molecule has 33 heavy (non-hydrogen) atoms. The molecule has 5 heteroatoms. The number of aromatic hydroxyl groups is 1. The second-order valence-electron chi connectivity index (χ2n) is 9.50. The smallest absolute Gasteiger partial charge is 0.193 e. The highest BCUT2D eigenvalue weighted by Crippen LogP contribution is 2.45. The molecular formula is C28H26N2O3. The first-order chi connectivity index (χ1) is 15.8. The lowest BCUT2D eigenvalue weighted by molar-refractivity contribution is -0.124. The van der Waals surface area contributed by atoms with Crippen LogP contribution in [0.5, 0.6) is 5.75 Å². The summed E-state index contributed by atoms with van der Waals surface area (Å²) >= 11 is 0. The van der Waals surface area contributed by atoms with Crippen molar-refractivity contribution in [3.05, 3.63) is 101 Å². The van der Waals surface area contributed by atoms with E-state index >= 15 is 0 Å². The minimum atomic E-state index is -0.400. The van der Waals surface area contributed by atoms with E-state index in [1.165, 1.54) is 0 Å². The van der Waals surface area contributed by atoms with Gasteiger partial charge in [-0.1, -0.05) is 62.4 Å². The highest BCUT2D eigenvalue weighted by Gasteiger charge is 2.41. The van der Waals surface area contributed by atoms with Crippen LogP contribution in [0.2, 0.25) is 0 Å². The average Bonchev–Trinajstić information content (AvgIpc) is 2.95. The van der Waals surface area contributed by atoms with Crippen LogP contribution in [0, 0.1) is 11.3 Å². The standard InChI is InChI=1S/C28H26N2O3/c1-28(2)15-23-25(24(32)16-28)26(17-8-11-20(31)12-9-17)30-21-13-10-19(14-22(21)29-23)27(33)18-6-4-3-5-7-18/h3-15,25-26,29-31H,16H2,1-2H3/t25-,26-/m1/s1. The van der Waals surface area contributed by atoms with E-state index < -0.39 is 5.92 Å². The van der Waals surface area contributed by atoms with Crippen molar-refractivity contribution < 1.29 is 14.7 Å². The number of Topliss-reactive ketones (excluding diaryl/α,β-unsaturated/α-hetero) is 1. The summed E-state index contributed by atoms with van der Waals surface area (Å²) in [5.41, 5.74) is 4.28. The second kappa shape index (κ2) is 7.93. The van der Waals surface area contributed by atoms with Crippen molar-refractivity contribution in [2.75, 3.05) is 10.6 Å². The van der Waals surface area contributed by atoms with Crippen LogP contribution in [-0.2, 0) is 4.79 Å². The molecule has 3 N–H and O–H groups in total. The van der Waals surface area contributed by atoms with Gasteiger partial charge in [0.05, 0.1) is 23.3 Å². The number of carbonyl (C=O) groups is 2. The lowest BCUT2D eigenvalue weighted by atomic mass is 9.72. The van der Waals surface area contributed by atoms with Crippen molar-refractivity contribution >= 4 is 22.9 Å². The van der Waals surface area contributed by atoms with E-state index in [1.54, 1.807) is 24.3 Å². The summed E-state index contributed by atoms with van der Waals surface area (Å²) in [5.74, 6) is -0.112. The molecule has 5 rings (SSSR count). The van der Waals surface area contributed by atoms with Gasteiger partial charge in [0.1, 0.15) is 11.5 Å². The predicted molar refractivity (Wildman–Crippen MR) is 129 cm³/mol. The zero-order valence-electron chi connectivity index (χ0n) is 18.6. The van der Waals surface area contributed by atoms with Crippen LogP contribution >= 0.6 is 0 Å². The van der Waals surface area contributed by atoms with Crippen LogP contribution in [0.4, 0.5) is 11.4 Å². The number of hydrogen-bond donors (Lipinski definition) is 3. The van der Waals surface area contributed by atoms with E-state index in [-0.39, 0.29) is 28.8 Å². The number of carbonyl (C=O) groups excluding carboxylic acids is 2. The number of ketones is 2. The van der Waals surface area contributed by atoms with Gasteiger partial charge in [0.25, 0.3) is 0 Å². The number of fused-ring (bicyclic) bond motifs is 2. The first kappa shape index (κ1) is 21.0. The van der Waals surface area contributed by atoms with E-state index in [2.05, 4.69) is 30.6 Å². The third-order valence-electron chi connectivity index (χ3n) is 6.35. The van der Waals surface area contributed by atoms with Crippen LogP contribution < -0.4 is 10.6 Å². The highest BCUT2D eigenvalue weighted by molar-refractivity contribution is 6.10. The fourth-order valence-electron chi connectivity index (χ4n) is 4.81. The molecular weight excluding hydrogens is 412 g/mol. The number of rotatable bonds is 3. The molecule has 0 spiro atoms. The van der Waals surface area contributed by atoms with Gasteiger partial charge < -0.3 is 15.7 Å². The quantitative estimate of drug-likeness (QED) is 0.457. The van der Waals surface area contributed by atoms with Gasteiger partial charge in [-0.15, -0.1) is 0 Å². The Bertz CT molecular complexity index is 1260. The highest BCUT2D eigenvalue weighted by atomic mass is 16.3. The third-order valence-corrected chi connectivity index (χ3v) is 6.35. The summed E-state index contributed by atoms with van der Waals surface area (Å²) < 4.78 is 0. The molecule has 3 aromatic rings. The molecule has 0 amide bonds. The van der Waals surface area contributed by atoms with Crippen molar-refractivity contribution in [2.24, 2.45) is 11.3 Å². The van der Waals surface area contributed by atoms with Crippen molar-refractivity contribution in [1.29, 1.82) is 0 Å². The van der Waals surface area contributed by atoms with Crippen LogP contribution in [0.1, 0.15) is 47.8 Å². The van der Waals surface area contributed by atoms with Crippen molar-refractivity contribution in [2.45, 2.75) is 26.3 Å². The number of nitrogens with one attached hydrogen (secondary N) is 2. The van der Waals surface area contributed by atoms with E-state index in [0.29, 0.717) is 17.5 Å². The molecule has 1 aliphatic carbocycles. The number of allylic oxidation sites excluding steroid dienone is 1. The number of hydrogen-bond acceptors (Lipinski definition) is 5. The van der Waals surface area contributed by atoms with Gasteiger partial charge in [0.15, 0.2) is 5.78 Å². The van der Waals surface area contributed by atoms with Gasteiger partial charge in [-0.25, -0.2) is 0 Å². The van der Waals surface area contributed by atoms with E-state index in [9.17, 15) is 14.7 Å². The van der Waals surface area contributed by atoms with Crippen molar-refractivity contribution in [3.63, 3.8) is 0 Å². The Morgan fingerprint density at radius 2 is 1.67 bits per heavy atom. The third kappa shape index (κ3) is 4.02. The summed E-state index contributed by atoms with van der Waals surface area (Å²) in [6.45, 7) is 4.11. The molecule has 3 aromatic carbocycles. The Kier molecular flexibility index (Phi) is 5.05. The molecule has 166 valence electrons. The van der Waals surface area contributed by atoms with Crippen molar-refractivity contribution in [3.8, 4) is 5.75 Å². The van der Waals surface area contributed by atoms with Gasteiger partial charge in [0.2, 0.25) is 0 Å². The van der Waals surface area contributed by atoms with Crippen LogP contribution in [0.15, 0.2) is 84.6 Å². The second-order valence-corrected chi connectivity index (χ2v) is 9.50. The monoisotopic (exact) mass is 438 g/mol. The summed E-state index contributed by atoms with van der Waals surface area (Å²) in [7, 11) is 0. The molecule has 0 bridgehead atoms. The van der Waals surface area contributed by atoms with Crippen molar-refractivity contribution in [1.82, 2.24) is 0 Å². The molecule has 0 unspecified atom stereocenters. The SMILES string of the molecule is CC1(C)C=C2Nc3cc(C(=O)c4ccccc4)ccc3N[C@H](c3ccc(O)cc3)[C@H]2C(=O)C1. The minimum Gasteiger partial charge on any atom is -0.508 e. The molecule has 0 radical (unpaired) electrons. The molecule has 0 saturated carbocycles. The summed E-state index contributed by atoms with van der Waals surface area (Å²) in [4.78, 5) is 26.4. The Morgan fingerprint density at radius 1 is 0.939 bits per heavy atom. The molecule has 1 heterocycles. The maximum atomic E-state index is 13.3. The summed E-state index contributed by atoms with van der Waals surface area (Å²) in [5, 5.41) is 16.8. The number of benzene rings is 3. The maximum absolute atomic E-state index is 13.3. The van der Waals surface area contributed by atoms with Gasteiger partial charge in [-0.3, -0.25) is 9.59 Å². The lowest BCUT2D eigenvalue weighted by Crippen LogP contribution is -2.36. The normalized spacial score (nSPS) is 20.9. The predicted octanol–water partition coefficient (Wildman–Crippen LogP) is 5.70. The fourth-order valence-corrected chi connectivity index (χ4v) is 4.81. The largest absolute Gasteiger partial charge is 0.508 e. The number of phenols is 1. The number of phenolic OH excluding ortho intramolecular Hbond substituents is 1. The molecule has 0 saturated heterocycles. The van der Waals surface area contributed by atoms with Gasteiger partial charge in [0, 0.05) is 23.2 Å². The molecule has 5 nitrogen and oxygen atoms in total. The number of anilines is 2. The van der Waals surface area contributed by atoms with Gasteiger partial charge in [-0.2, -0.15) is 0 Å². The first-order valence-corrected chi connectivity index (χ1v) is 11.1. The average molecular weight is 439 g/mol. The Hall–Kier alpha value is -3.86. The first-order valence-electron chi connectivity index (χ1n) is 11.1. The van der Waals surface area contributed by atoms with Gasteiger partial charge in [-0.05, 0) is 41.3 Å². The summed E-state index contributed by atoms with van der Waals surface area (Å²) in [6, 6.07) is 21.4. The van der Waals surface area contributed by atoms with Crippen LogP contribution in [0.25, 0.3) is 0 Å². The Balaban J connectivity index is 1.60. The molecule has 0 aromatic heterocycles. The molecule has 0 fully saturated rings. The molecule has 2 aliphatic rings.